The lowest BCUT2D eigenvalue weighted by atomic mass is 10.1. The predicted molar refractivity (Wildman–Crippen MR) is 81.0 cm³/mol. The number of nitrogens with zero attached hydrogens (tertiary/aromatic N) is 2. The summed E-state index contributed by atoms with van der Waals surface area (Å²) >= 11 is -2.50. The van der Waals surface area contributed by atoms with Crippen molar-refractivity contribution < 1.29 is 23.5 Å². The molecule has 1 N–H and O–H groups in total. The summed E-state index contributed by atoms with van der Waals surface area (Å²) in [6, 6.07) is 5.07. The van der Waals surface area contributed by atoms with Crippen LogP contribution in [0.4, 0.5) is 0 Å². The van der Waals surface area contributed by atoms with Crippen molar-refractivity contribution in [1.82, 2.24) is 9.21 Å². The van der Waals surface area contributed by atoms with Gasteiger partial charge in [0.15, 0.2) is 0 Å². The first-order valence-corrected chi connectivity index (χ1v) is 8.14. The van der Waals surface area contributed by atoms with Gasteiger partial charge in [-0.2, -0.15) is 0 Å². The number of carbonyl (C=O) groups is 2. The second-order valence-corrected chi connectivity index (χ2v) is 6.43. The summed E-state index contributed by atoms with van der Waals surface area (Å²) in [7, 11) is 0. The average Bonchev–Trinajstić information content (AvgIpc) is 2.67. The van der Waals surface area contributed by atoms with E-state index < -0.39 is 41.3 Å². The van der Waals surface area contributed by atoms with Crippen LogP contribution in [-0.4, -0.2) is 59.6 Å². The van der Waals surface area contributed by atoms with Crippen LogP contribution in [0.5, 0.6) is 0 Å². The first kappa shape index (κ1) is 16.0. The van der Waals surface area contributed by atoms with E-state index in [1.54, 1.807) is 37.3 Å². The van der Waals surface area contributed by atoms with Gasteiger partial charge in [0.1, 0.15) is 0 Å². The van der Waals surface area contributed by atoms with Crippen LogP contribution < -0.4 is 0 Å². The van der Waals surface area contributed by atoms with E-state index in [2.05, 4.69) is 0 Å². The van der Waals surface area contributed by atoms with Crippen LogP contribution >= 0.6 is 0 Å². The SMILES string of the molecule is C[C@H]1C=C[C@H](N2C(=O)c3ccccc3C2=O)[C@@H](O)CN1S(=O)[O-]. The van der Waals surface area contributed by atoms with E-state index in [-0.39, 0.29) is 6.54 Å². The van der Waals surface area contributed by atoms with Gasteiger partial charge < -0.3 is 9.66 Å². The number of imide groups is 1. The van der Waals surface area contributed by atoms with Crippen LogP contribution in [0.1, 0.15) is 27.6 Å². The van der Waals surface area contributed by atoms with E-state index in [0.29, 0.717) is 11.1 Å². The van der Waals surface area contributed by atoms with E-state index in [1.165, 1.54) is 6.08 Å². The number of aliphatic hydroxyl groups is 1. The number of benzene rings is 1. The zero-order valence-electron chi connectivity index (χ0n) is 12.3. The van der Waals surface area contributed by atoms with Crippen molar-refractivity contribution in [2.75, 3.05) is 6.54 Å². The maximum Gasteiger partial charge on any atom is 0.262 e. The highest BCUT2D eigenvalue weighted by atomic mass is 32.2. The minimum Gasteiger partial charge on any atom is -0.760 e. The molecule has 2 aliphatic rings. The lowest BCUT2D eigenvalue weighted by molar-refractivity contribution is 0.0401. The molecule has 1 aromatic carbocycles. The molecule has 2 amide bonds. The summed E-state index contributed by atoms with van der Waals surface area (Å²) < 4.78 is 23.5. The topological polar surface area (TPSA) is 101 Å². The molecule has 23 heavy (non-hydrogen) atoms. The quantitative estimate of drug-likeness (QED) is 0.468. The highest BCUT2D eigenvalue weighted by Crippen LogP contribution is 2.27. The standard InChI is InChI=1S/C15H16N2O5S/c1-9-6-7-12(13(18)8-16(9)23(21)22)17-14(19)10-4-2-3-5-11(10)15(17)20/h2-7,9,12-13,18H,8H2,1H3,(H,21,22)/p-1/t9-,12-,13-/m0/s1. The molecule has 0 saturated carbocycles. The maximum absolute atomic E-state index is 12.5. The molecule has 4 atom stereocenters. The molecule has 0 spiro atoms. The van der Waals surface area contributed by atoms with Gasteiger partial charge in [0.25, 0.3) is 11.8 Å². The van der Waals surface area contributed by atoms with Crippen LogP contribution in [0.25, 0.3) is 0 Å². The normalized spacial score (nSPS) is 29.5. The molecule has 0 saturated heterocycles. The molecule has 0 aromatic heterocycles. The summed E-state index contributed by atoms with van der Waals surface area (Å²) in [5.74, 6) is -0.965. The number of fused-ring (bicyclic) bond motifs is 1. The van der Waals surface area contributed by atoms with Gasteiger partial charge in [0.2, 0.25) is 0 Å². The molecule has 0 fully saturated rings. The summed E-state index contributed by atoms with van der Waals surface area (Å²) in [4.78, 5) is 26.0. The molecule has 0 aliphatic carbocycles. The van der Waals surface area contributed by atoms with Gasteiger partial charge in [-0.05, 0) is 19.1 Å². The van der Waals surface area contributed by atoms with Gasteiger partial charge in [-0.15, -0.1) is 0 Å². The van der Waals surface area contributed by atoms with Crippen molar-refractivity contribution in [3.05, 3.63) is 47.5 Å². The van der Waals surface area contributed by atoms with Gasteiger partial charge in [0, 0.05) is 23.9 Å². The number of rotatable bonds is 2. The van der Waals surface area contributed by atoms with Crippen LogP contribution in [0.15, 0.2) is 36.4 Å². The number of hydrogen-bond acceptors (Lipinski definition) is 5. The van der Waals surface area contributed by atoms with Gasteiger partial charge in [-0.3, -0.25) is 18.7 Å². The zero-order chi connectivity index (χ0) is 16.7. The van der Waals surface area contributed by atoms with Gasteiger partial charge >= 0.3 is 0 Å². The first-order valence-electron chi connectivity index (χ1n) is 7.11. The second kappa shape index (κ2) is 5.97. The van der Waals surface area contributed by atoms with Gasteiger partial charge in [0.05, 0.1) is 23.3 Å². The van der Waals surface area contributed by atoms with Crippen molar-refractivity contribution in [3.63, 3.8) is 0 Å². The minimum atomic E-state index is -2.50. The molecule has 0 radical (unpaired) electrons. The molecule has 1 aromatic rings. The Kier molecular flexibility index (Phi) is 4.15. The number of aliphatic hydroxyl groups excluding tert-OH is 1. The molecule has 122 valence electrons. The Labute approximate surface area is 135 Å². The minimum absolute atomic E-state index is 0.192. The van der Waals surface area contributed by atoms with Crippen molar-refractivity contribution in [1.29, 1.82) is 0 Å². The Morgan fingerprint density at radius 2 is 1.74 bits per heavy atom. The lowest BCUT2D eigenvalue weighted by Crippen LogP contribution is -2.49. The maximum atomic E-state index is 12.5. The van der Waals surface area contributed by atoms with Crippen LogP contribution in [-0.2, 0) is 11.3 Å². The smallest absolute Gasteiger partial charge is 0.262 e. The Balaban J connectivity index is 1.94. The van der Waals surface area contributed by atoms with E-state index >= 15 is 0 Å². The molecule has 8 heteroatoms. The molecule has 3 rings (SSSR count). The van der Waals surface area contributed by atoms with Crippen LogP contribution in [0.3, 0.4) is 0 Å². The average molecular weight is 335 g/mol. The predicted octanol–water partition coefficient (Wildman–Crippen LogP) is 0.0665. The van der Waals surface area contributed by atoms with Crippen LogP contribution in [0.2, 0.25) is 0 Å². The molecule has 2 heterocycles. The third kappa shape index (κ3) is 2.63. The Bertz CT molecular complexity index is 685. The number of hydrogen-bond donors (Lipinski definition) is 1. The monoisotopic (exact) mass is 335 g/mol. The highest BCUT2D eigenvalue weighted by molar-refractivity contribution is 7.76. The first-order chi connectivity index (χ1) is 10.9. The Morgan fingerprint density at radius 3 is 2.26 bits per heavy atom. The van der Waals surface area contributed by atoms with E-state index in [1.807, 2.05) is 0 Å². The van der Waals surface area contributed by atoms with Crippen molar-refractivity contribution in [3.8, 4) is 0 Å². The highest BCUT2D eigenvalue weighted by Gasteiger charge is 2.42. The molecular formula is C15H15N2O5S-. The number of carbonyl (C=O) groups excluding carboxylic acids is 2. The Hall–Kier alpha value is -1.87. The molecule has 0 bridgehead atoms. The number of β-amino-alcohol motifs (C(OH)–C–C–N with tert-alkyl or cyclic N) is 1. The van der Waals surface area contributed by atoms with Crippen molar-refractivity contribution in [2.24, 2.45) is 0 Å². The van der Waals surface area contributed by atoms with E-state index in [9.17, 15) is 23.5 Å². The third-order valence-electron chi connectivity index (χ3n) is 4.12. The van der Waals surface area contributed by atoms with Crippen molar-refractivity contribution >= 4 is 23.1 Å². The summed E-state index contributed by atoms with van der Waals surface area (Å²) in [6.45, 7) is 1.46. The van der Waals surface area contributed by atoms with Gasteiger partial charge in [-0.1, -0.05) is 24.3 Å². The third-order valence-corrected chi connectivity index (χ3v) is 4.98. The summed E-state index contributed by atoms with van der Waals surface area (Å²) in [5.41, 5.74) is 0.583. The molecule has 2 aliphatic heterocycles. The second-order valence-electron chi connectivity index (χ2n) is 5.53. The number of amides is 2. The van der Waals surface area contributed by atoms with Crippen LogP contribution in [0, 0.1) is 0 Å². The largest absolute Gasteiger partial charge is 0.760 e. The van der Waals surface area contributed by atoms with E-state index in [0.717, 1.165) is 9.21 Å². The van der Waals surface area contributed by atoms with Crippen molar-refractivity contribution in [2.45, 2.75) is 25.1 Å². The fourth-order valence-electron chi connectivity index (χ4n) is 2.89. The molecule has 1 unspecified atom stereocenters. The zero-order valence-corrected chi connectivity index (χ0v) is 13.1. The van der Waals surface area contributed by atoms with E-state index in [4.69, 9.17) is 0 Å². The lowest BCUT2D eigenvalue weighted by Gasteiger charge is -2.31. The fourth-order valence-corrected chi connectivity index (χ4v) is 3.51. The van der Waals surface area contributed by atoms with Gasteiger partial charge in [-0.25, -0.2) is 4.31 Å². The summed E-state index contributed by atoms with van der Waals surface area (Å²) in [5, 5.41) is 10.3. The molecular weight excluding hydrogens is 320 g/mol. The summed E-state index contributed by atoms with van der Waals surface area (Å²) in [6.07, 6.45) is 1.89. The fraction of sp³-hybridized carbons (Fsp3) is 0.333. The Morgan fingerprint density at radius 1 is 1.17 bits per heavy atom. The molecule has 7 nitrogen and oxygen atoms in total.